The number of halogens is 1. The molecule has 1 aliphatic rings. The molecule has 0 aliphatic heterocycles. The van der Waals surface area contributed by atoms with E-state index < -0.39 is 0 Å². The predicted octanol–water partition coefficient (Wildman–Crippen LogP) is 4.61. The molecule has 2 nitrogen and oxygen atoms in total. The van der Waals surface area contributed by atoms with E-state index >= 15 is 0 Å². The Balaban J connectivity index is 2.18. The molecule has 0 unspecified atom stereocenters. The van der Waals surface area contributed by atoms with Gasteiger partial charge in [0.25, 0.3) is 0 Å². The lowest BCUT2D eigenvalue weighted by atomic mass is 9.93. The normalized spacial score (nSPS) is 16.6. The average Bonchev–Trinajstić information content (AvgIpc) is 2.45. The second-order valence-electron chi connectivity index (χ2n) is 6.18. The molecule has 2 rings (SSSR count). The molecule has 20 heavy (non-hydrogen) atoms. The van der Waals surface area contributed by atoms with E-state index in [-0.39, 0.29) is 0 Å². The van der Waals surface area contributed by atoms with E-state index in [1.165, 1.54) is 43.4 Å². The van der Waals surface area contributed by atoms with Crippen molar-refractivity contribution in [2.75, 3.05) is 11.9 Å². The molecule has 3 heteroatoms. The van der Waals surface area contributed by atoms with Gasteiger partial charge in [0.1, 0.15) is 0 Å². The van der Waals surface area contributed by atoms with Crippen molar-refractivity contribution in [2.24, 2.45) is 0 Å². The van der Waals surface area contributed by atoms with Crippen molar-refractivity contribution in [1.82, 2.24) is 5.32 Å². The smallest absolute Gasteiger partial charge is 0.0471 e. The highest BCUT2D eigenvalue weighted by atomic mass is 35.5. The van der Waals surface area contributed by atoms with E-state index in [0.29, 0.717) is 12.1 Å². The predicted molar refractivity (Wildman–Crippen MR) is 88.7 cm³/mol. The van der Waals surface area contributed by atoms with Crippen molar-refractivity contribution < 1.29 is 0 Å². The first kappa shape index (κ1) is 15.7. The quantitative estimate of drug-likeness (QED) is 0.853. The van der Waals surface area contributed by atoms with Gasteiger partial charge in [0, 0.05) is 41.9 Å². The Morgan fingerprint density at radius 2 is 1.95 bits per heavy atom. The summed E-state index contributed by atoms with van der Waals surface area (Å²) in [6.07, 6.45) is 6.71. The van der Waals surface area contributed by atoms with Gasteiger partial charge in [0.05, 0.1) is 0 Å². The van der Waals surface area contributed by atoms with Gasteiger partial charge in [-0.05, 0) is 25.0 Å². The lowest BCUT2D eigenvalue weighted by Crippen LogP contribution is -2.34. The van der Waals surface area contributed by atoms with Crippen LogP contribution in [-0.4, -0.2) is 19.1 Å². The summed E-state index contributed by atoms with van der Waals surface area (Å²) in [7, 11) is 2.22. The molecule has 0 spiro atoms. The van der Waals surface area contributed by atoms with Gasteiger partial charge in [-0.25, -0.2) is 0 Å². The van der Waals surface area contributed by atoms with Crippen molar-refractivity contribution in [3.05, 3.63) is 28.8 Å². The molecule has 112 valence electrons. The topological polar surface area (TPSA) is 15.3 Å². The third-order valence-corrected chi connectivity index (χ3v) is 4.64. The largest absolute Gasteiger partial charge is 0.371 e. The Bertz CT molecular complexity index is 425. The van der Waals surface area contributed by atoms with E-state index in [1.54, 1.807) is 0 Å². The minimum Gasteiger partial charge on any atom is -0.371 e. The third kappa shape index (κ3) is 3.89. The van der Waals surface area contributed by atoms with Crippen LogP contribution in [0.15, 0.2) is 18.2 Å². The van der Waals surface area contributed by atoms with Crippen LogP contribution in [0.25, 0.3) is 0 Å². The van der Waals surface area contributed by atoms with Crippen LogP contribution in [0.5, 0.6) is 0 Å². The van der Waals surface area contributed by atoms with Crippen LogP contribution in [0.1, 0.15) is 51.5 Å². The number of rotatable bonds is 5. The summed E-state index contributed by atoms with van der Waals surface area (Å²) in [5.41, 5.74) is 2.52. The molecule has 1 aromatic rings. The summed E-state index contributed by atoms with van der Waals surface area (Å²) in [5.74, 6) is 0. The fourth-order valence-corrected chi connectivity index (χ4v) is 3.26. The molecule has 1 N–H and O–H groups in total. The first-order chi connectivity index (χ1) is 9.59. The van der Waals surface area contributed by atoms with Gasteiger partial charge >= 0.3 is 0 Å². The molecule has 0 atom stereocenters. The number of hydrogen-bond acceptors (Lipinski definition) is 2. The second-order valence-corrected chi connectivity index (χ2v) is 6.58. The minimum atomic E-state index is 0.471. The van der Waals surface area contributed by atoms with Crippen LogP contribution in [0, 0.1) is 0 Å². The first-order valence-corrected chi connectivity index (χ1v) is 8.21. The number of anilines is 1. The molecule has 0 saturated heterocycles. The second kappa shape index (κ2) is 7.33. The van der Waals surface area contributed by atoms with Gasteiger partial charge in [-0.1, -0.05) is 50.8 Å². The summed E-state index contributed by atoms with van der Waals surface area (Å²) in [6, 6.07) is 7.41. The summed E-state index contributed by atoms with van der Waals surface area (Å²) < 4.78 is 0. The molecule has 0 heterocycles. The van der Waals surface area contributed by atoms with Gasteiger partial charge in [0.15, 0.2) is 0 Å². The van der Waals surface area contributed by atoms with E-state index in [0.717, 1.165) is 11.6 Å². The fraction of sp³-hybridized carbons (Fsp3) is 0.647. The Kier molecular flexibility index (Phi) is 5.74. The lowest BCUT2D eigenvalue weighted by Gasteiger charge is -2.34. The van der Waals surface area contributed by atoms with Crippen molar-refractivity contribution in [1.29, 1.82) is 0 Å². The zero-order valence-electron chi connectivity index (χ0n) is 13.0. The van der Waals surface area contributed by atoms with Crippen LogP contribution in [0.3, 0.4) is 0 Å². The van der Waals surface area contributed by atoms with E-state index in [9.17, 15) is 0 Å². The molecule has 0 bridgehead atoms. The van der Waals surface area contributed by atoms with E-state index in [1.807, 2.05) is 6.07 Å². The minimum absolute atomic E-state index is 0.471. The molecular weight excluding hydrogens is 268 g/mol. The van der Waals surface area contributed by atoms with Gasteiger partial charge in [-0.15, -0.1) is 0 Å². The Labute approximate surface area is 128 Å². The molecule has 1 fully saturated rings. The maximum absolute atomic E-state index is 6.43. The Morgan fingerprint density at radius 1 is 1.25 bits per heavy atom. The molecule has 1 aromatic carbocycles. The van der Waals surface area contributed by atoms with Crippen LogP contribution < -0.4 is 10.2 Å². The van der Waals surface area contributed by atoms with Crippen molar-refractivity contribution >= 4 is 17.3 Å². The van der Waals surface area contributed by atoms with Crippen molar-refractivity contribution in [3.63, 3.8) is 0 Å². The number of hydrogen-bond donors (Lipinski definition) is 1. The van der Waals surface area contributed by atoms with Crippen LogP contribution in [0.2, 0.25) is 5.02 Å². The molecule has 0 aromatic heterocycles. The highest BCUT2D eigenvalue weighted by molar-refractivity contribution is 6.31. The lowest BCUT2D eigenvalue weighted by molar-refractivity contribution is 0.427. The summed E-state index contributed by atoms with van der Waals surface area (Å²) >= 11 is 6.43. The highest BCUT2D eigenvalue weighted by Crippen LogP contribution is 2.31. The van der Waals surface area contributed by atoms with Gasteiger partial charge < -0.3 is 10.2 Å². The van der Waals surface area contributed by atoms with Gasteiger partial charge in [-0.2, -0.15) is 0 Å². The molecule has 0 radical (unpaired) electrons. The van der Waals surface area contributed by atoms with Crippen molar-refractivity contribution in [2.45, 2.75) is 64.6 Å². The molecule has 1 saturated carbocycles. The zero-order valence-corrected chi connectivity index (χ0v) is 13.7. The van der Waals surface area contributed by atoms with Crippen molar-refractivity contribution in [3.8, 4) is 0 Å². The number of benzene rings is 1. The Morgan fingerprint density at radius 3 is 2.60 bits per heavy atom. The molecule has 1 aliphatic carbocycles. The number of nitrogens with one attached hydrogen (secondary N) is 1. The standard InChI is InChI=1S/C17H27ClN2/c1-13(2)19-12-15-16(18)10-7-11-17(15)20(3)14-8-5-4-6-9-14/h7,10-11,13-14,19H,4-6,8-9,12H2,1-3H3. The number of nitrogens with zero attached hydrogens (tertiary/aromatic N) is 1. The maximum Gasteiger partial charge on any atom is 0.0471 e. The molecular formula is C17H27ClN2. The summed E-state index contributed by atoms with van der Waals surface area (Å²) in [6.45, 7) is 5.17. The molecule has 0 amide bonds. The van der Waals surface area contributed by atoms with Crippen LogP contribution in [-0.2, 0) is 6.54 Å². The van der Waals surface area contributed by atoms with Crippen LogP contribution >= 0.6 is 11.6 Å². The van der Waals surface area contributed by atoms with Crippen LogP contribution in [0.4, 0.5) is 5.69 Å². The monoisotopic (exact) mass is 294 g/mol. The Hall–Kier alpha value is -0.730. The van der Waals surface area contributed by atoms with E-state index in [2.05, 4.69) is 43.2 Å². The fourth-order valence-electron chi connectivity index (χ4n) is 3.02. The van der Waals surface area contributed by atoms with E-state index in [4.69, 9.17) is 11.6 Å². The SMILES string of the molecule is CC(C)NCc1c(Cl)cccc1N(C)C1CCCCC1. The summed E-state index contributed by atoms with van der Waals surface area (Å²) in [4.78, 5) is 2.45. The average molecular weight is 295 g/mol. The zero-order chi connectivity index (χ0) is 14.5. The third-order valence-electron chi connectivity index (χ3n) is 4.28. The van der Waals surface area contributed by atoms with Gasteiger partial charge in [0.2, 0.25) is 0 Å². The van der Waals surface area contributed by atoms with Gasteiger partial charge in [-0.3, -0.25) is 0 Å². The highest BCUT2D eigenvalue weighted by Gasteiger charge is 2.21. The summed E-state index contributed by atoms with van der Waals surface area (Å²) in [5, 5.41) is 4.36. The first-order valence-electron chi connectivity index (χ1n) is 7.83. The maximum atomic E-state index is 6.43.